The van der Waals surface area contributed by atoms with Crippen molar-refractivity contribution in [2.45, 2.75) is 19.8 Å². The summed E-state index contributed by atoms with van der Waals surface area (Å²) in [4.78, 5) is 10.4. The van der Waals surface area contributed by atoms with E-state index in [1.54, 1.807) is 13.0 Å². The van der Waals surface area contributed by atoms with Gasteiger partial charge >= 0.3 is 0 Å². The number of hydrogen-bond donors (Lipinski definition) is 1. The van der Waals surface area contributed by atoms with Gasteiger partial charge in [-0.05, 0) is 48.3 Å². The van der Waals surface area contributed by atoms with Crippen molar-refractivity contribution in [3.05, 3.63) is 32.3 Å². The summed E-state index contributed by atoms with van der Waals surface area (Å²) in [6.45, 7) is 4.42. The van der Waals surface area contributed by atoms with E-state index in [0.29, 0.717) is 28.3 Å². The Hall–Kier alpha value is -1.14. The van der Waals surface area contributed by atoms with Crippen LogP contribution in [0.5, 0.6) is 5.75 Å². The summed E-state index contributed by atoms with van der Waals surface area (Å²) in [5.41, 5.74) is 0.725. The molecule has 6 heteroatoms. The summed E-state index contributed by atoms with van der Waals surface area (Å²) in [5, 5.41) is 14.2. The number of benzene rings is 1. The standard InChI is InChI=1S/C13H17BrN2O3/c1-9-5-13(11(14)6-12(9)16(17)18)19-8-10-3-2-4-15-7-10/h5-6,10,15H,2-4,7-8H2,1H3. The monoisotopic (exact) mass is 328 g/mol. The fourth-order valence-electron chi connectivity index (χ4n) is 2.23. The van der Waals surface area contributed by atoms with Crippen molar-refractivity contribution in [1.82, 2.24) is 5.32 Å². The normalized spacial score (nSPS) is 19.2. The van der Waals surface area contributed by atoms with Gasteiger partial charge in [-0.3, -0.25) is 10.1 Å². The van der Waals surface area contributed by atoms with Crippen LogP contribution in [0.1, 0.15) is 18.4 Å². The molecule has 2 rings (SSSR count). The van der Waals surface area contributed by atoms with Crippen LogP contribution < -0.4 is 10.1 Å². The molecule has 0 aromatic heterocycles. The lowest BCUT2D eigenvalue weighted by Gasteiger charge is -2.23. The minimum atomic E-state index is -0.380. The molecule has 0 saturated carbocycles. The zero-order chi connectivity index (χ0) is 13.8. The van der Waals surface area contributed by atoms with Gasteiger partial charge in [0, 0.05) is 24.1 Å². The molecular weight excluding hydrogens is 312 g/mol. The number of ether oxygens (including phenoxy) is 1. The third-order valence-electron chi connectivity index (χ3n) is 3.32. The predicted molar refractivity (Wildman–Crippen MR) is 76.6 cm³/mol. The van der Waals surface area contributed by atoms with Crippen molar-refractivity contribution < 1.29 is 9.66 Å². The van der Waals surface area contributed by atoms with Crippen molar-refractivity contribution in [1.29, 1.82) is 0 Å². The Kier molecular flexibility index (Phi) is 4.76. The zero-order valence-electron chi connectivity index (χ0n) is 10.8. The van der Waals surface area contributed by atoms with Gasteiger partial charge in [-0.15, -0.1) is 0 Å². The summed E-state index contributed by atoms with van der Waals surface area (Å²) in [5.74, 6) is 1.19. The Labute approximate surface area is 120 Å². The van der Waals surface area contributed by atoms with E-state index in [4.69, 9.17) is 4.74 Å². The van der Waals surface area contributed by atoms with E-state index >= 15 is 0 Å². The lowest BCUT2D eigenvalue weighted by molar-refractivity contribution is -0.385. The van der Waals surface area contributed by atoms with E-state index in [2.05, 4.69) is 21.2 Å². The number of halogens is 1. The number of rotatable bonds is 4. The second-order valence-electron chi connectivity index (χ2n) is 4.85. The van der Waals surface area contributed by atoms with Crippen LogP contribution in [0.25, 0.3) is 0 Å². The van der Waals surface area contributed by atoms with E-state index < -0.39 is 0 Å². The highest BCUT2D eigenvalue weighted by atomic mass is 79.9. The highest BCUT2D eigenvalue weighted by molar-refractivity contribution is 9.10. The third kappa shape index (κ3) is 3.67. The van der Waals surface area contributed by atoms with Gasteiger partial charge < -0.3 is 10.1 Å². The number of piperidine rings is 1. The predicted octanol–water partition coefficient (Wildman–Crippen LogP) is 3.04. The van der Waals surface area contributed by atoms with Crippen molar-refractivity contribution in [3.8, 4) is 5.75 Å². The van der Waals surface area contributed by atoms with Gasteiger partial charge in [0.05, 0.1) is 16.0 Å². The SMILES string of the molecule is Cc1cc(OCC2CCCNC2)c(Br)cc1[N+](=O)[O-]. The summed E-state index contributed by atoms with van der Waals surface area (Å²) in [7, 11) is 0. The van der Waals surface area contributed by atoms with E-state index in [0.717, 1.165) is 19.5 Å². The minimum Gasteiger partial charge on any atom is -0.492 e. The van der Waals surface area contributed by atoms with Crippen LogP contribution in [0.15, 0.2) is 16.6 Å². The van der Waals surface area contributed by atoms with Crippen LogP contribution in [0.4, 0.5) is 5.69 Å². The van der Waals surface area contributed by atoms with Crippen LogP contribution in [0.3, 0.4) is 0 Å². The molecule has 1 aromatic rings. The maximum atomic E-state index is 10.8. The fourth-order valence-corrected chi connectivity index (χ4v) is 2.67. The quantitative estimate of drug-likeness (QED) is 0.681. The first-order valence-electron chi connectivity index (χ1n) is 6.36. The molecule has 1 aliphatic rings. The van der Waals surface area contributed by atoms with Gasteiger partial charge in [0.2, 0.25) is 0 Å². The number of nitrogens with zero attached hydrogens (tertiary/aromatic N) is 1. The van der Waals surface area contributed by atoms with Gasteiger partial charge in [0.25, 0.3) is 5.69 Å². The van der Waals surface area contributed by atoms with Gasteiger partial charge in [0.15, 0.2) is 0 Å². The molecule has 0 amide bonds. The second-order valence-corrected chi connectivity index (χ2v) is 5.70. The first-order valence-corrected chi connectivity index (χ1v) is 7.15. The van der Waals surface area contributed by atoms with Crippen molar-refractivity contribution in [2.75, 3.05) is 19.7 Å². The van der Waals surface area contributed by atoms with E-state index in [1.165, 1.54) is 12.5 Å². The molecule has 1 fully saturated rings. The van der Waals surface area contributed by atoms with Crippen molar-refractivity contribution in [2.24, 2.45) is 5.92 Å². The smallest absolute Gasteiger partial charge is 0.273 e. The average molecular weight is 329 g/mol. The van der Waals surface area contributed by atoms with E-state index in [9.17, 15) is 10.1 Å². The average Bonchev–Trinajstić information content (AvgIpc) is 2.40. The fraction of sp³-hybridized carbons (Fsp3) is 0.538. The summed E-state index contributed by atoms with van der Waals surface area (Å²) in [6, 6.07) is 3.22. The highest BCUT2D eigenvalue weighted by Crippen LogP contribution is 2.32. The van der Waals surface area contributed by atoms with E-state index in [-0.39, 0.29) is 10.6 Å². The summed E-state index contributed by atoms with van der Waals surface area (Å²) in [6.07, 6.45) is 2.34. The Morgan fingerprint density at radius 2 is 2.37 bits per heavy atom. The van der Waals surface area contributed by atoms with Crippen molar-refractivity contribution >= 4 is 21.6 Å². The molecule has 1 unspecified atom stereocenters. The molecule has 0 spiro atoms. The largest absolute Gasteiger partial charge is 0.492 e. The van der Waals surface area contributed by atoms with Gasteiger partial charge in [-0.2, -0.15) is 0 Å². The first kappa shape index (κ1) is 14.3. The molecule has 0 bridgehead atoms. The van der Waals surface area contributed by atoms with Crippen LogP contribution in [0, 0.1) is 23.0 Å². The number of nitro groups is 1. The number of nitrogens with one attached hydrogen (secondary N) is 1. The minimum absolute atomic E-state index is 0.110. The molecule has 1 aliphatic heterocycles. The molecule has 0 radical (unpaired) electrons. The third-order valence-corrected chi connectivity index (χ3v) is 3.94. The van der Waals surface area contributed by atoms with Gasteiger partial charge in [-0.25, -0.2) is 0 Å². The maximum Gasteiger partial charge on any atom is 0.273 e. The molecule has 1 atom stereocenters. The number of aryl methyl sites for hydroxylation is 1. The molecule has 104 valence electrons. The molecule has 1 heterocycles. The Morgan fingerprint density at radius 1 is 1.58 bits per heavy atom. The molecule has 1 N–H and O–H groups in total. The van der Waals surface area contributed by atoms with Gasteiger partial charge in [-0.1, -0.05) is 0 Å². The van der Waals surface area contributed by atoms with Crippen molar-refractivity contribution in [3.63, 3.8) is 0 Å². The summed E-state index contributed by atoms with van der Waals surface area (Å²) < 4.78 is 6.42. The van der Waals surface area contributed by atoms with Crippen LogP contribution >= 0.6 is 15.9 Å². The lowest BCUT2D eigenvalue weighted by Crippen LogP contribution is -2.33. The van der Waals surface area contributed by atoms with Crippen LogP contribution in [-0.2, 0) is 0 Å². The molecule has 0 aliphatic carbocycles. The topological polar surface area (TPSA) is 64.4 Å². The first-order chi connectivity index (χ1) is 9.08. The Bertz CT molecular complexity index is 473. The molecule has 1 aromatic carbocycles. The van der Waals surface area contributed by atoms with Gasteiger partial charge in [0.1, 0.15) is 5.75 Å². The molecule has 1 saturated heterocycles. The van der Waals surface area contributed by atoms with E-state index in [1.807, 2.05) is 0 Å². The maximum absolute atomic E-state index is 10.8. The molecule has 19 heavy (non-hydrogen) atoms. The number of nitro benzene ring substituents is 1. The molecular formula is C13H17BrN2O3. The highest BCUT2D eigenvalue weighted by Gasteiger charge is 2.17. The second kappa shape index (κ2) is 6.34. The lowest BCUT2D eigenvalue weighted by atomic mass is 10.0. The van der Waals surface area contributed by atoms with Crippen LogP contribution in [-0.4, -0.2) is 24.6 Å². The Morgan fingerprint density at radius 3 is 3.00 bits per heavy atom. The summed E-state index contributed by atoms with van der Waals surface area (Å²) >= 11 is 3.33. The Balaban J connectivity index is 2.04. The molecule has 5 nitrogen and oxygen atoms in total. The zero-order valence-corrected chi connectivity index (χ0v) is 12.4. The number of hydrogen-bond acceptors (Lipinski definition) is 4. The van der Waals surface area contributed by atoms with Crippen LogP contribution in [0.2, 0.25) is 0 Å².